The van der Waals surface area contributed by atoms with Crippen molar-refractivity contribution in [1.29, 1.82) is 0 Å². The van der Waals surface area contributed by atoms with Crippen molar-refractivity contribution in [3.63, 3.8) is 0 Å². The smallest absolute Gasteiger partial charge is 0.153 e. The van der Waals surface area contributed by atoms with Crippen LogP contribution in [0.4, 0.5) is 5.82 Å². The number of fused-ring (bicyclic) bond motifs is 1. The molecule has 2 aromatic rings. The molecule has 2 aliphatic carbocycles. The van der Waals surface area contributed by atoms with Crippen LogP contribution in [0.5, 0.6) is 0 Å². The number of nitrogens with zero attached hydrogens (tertiary/aromatic N) is 4. The Bertz CT molecular complexity index is 960. The minimum absolute atomic E-state index is 0.0865. The molecule has 2 aromatic heterocycles. The van der Waals surface area contributed by atoms with Gasteiger partial charge in [-0.2, -0.15) is 0 Å². The second-order valence-corrected chi connectivity index (χ2v) is 9.05. The van der Waals surface area contributed by atoms with Crippen LogP contribution in [-0.2, 0) is 13.0 Å². The number of allylic oxidation sites excluding steroid dienone is 1. The van der Waals surface area contributed by atoms with Crippen molar-refractivity contribution in [3.8, 4) is 11.3 Å². The van der Waals surface area contributed by atoms with Gasteiger partial charge in [-0.1, -0.05) is 31.9 Å². The molecule has 0 aromatic carbocycles. The molecule has 1 atom stereocenters. The van der Waals surface area contributed by atoms with E-state index < -0.39 is 0 Å². The monoisotopic (exact) mass is 390 g/mol. The van der Waals surface area contributed by atoms with Gasteiger partial charge in [-0.05, 0) is 43.6 Å². The summed E-state index contributed by atoms with van der Waals surface area (Å²) in [7, 11) is 0. The summed E-state index contributed by atoms with van der Waals surface area (Å²) >= 11 is 0. The van der Waals surface area contributed by atoms with E-state index >= 15 is 0 Å². The fraction of sp³-hybridized carbons (Fsp3) is 0.542. The highest BCUT2D eigenvalue weighted by molar-refractivity contribution is 5.78. The third-order valence-corrected chi connectivity index (χ3v) is 7.61. The summed E-state index contributed by atoms with van der Waals surface area (Å²) < 4.78 is 0. The lowest BCUT2D eigenvalue weighted by Crippen LogP contribution is -2.42. The van der Waals surface area contributed by atoms with Gasteiger partial charge in [0.1, 0.15) is 5.69 Å². The Labute approximate surface area is 172 Å². The summed E-state index contributed by atoms with van der Waals surface area (Å²) in [6.45, 7) is 6.40. The van der Waals surface area contributed by atoms with Crippen molar-refractivity contribution in [2.45, 2.75) is 59.0 Å². The SMILES string of the molecule is Cc1nc(N2CCC3(CCC[C@H]3C)CC2)c(CO)nc1-c1ccnc2c1C=CC2. The van der Waals surface area contributed by atoms with Gasteiger partial charge in [-0.25, -0.2) is 9.97 Å². The zero-order valence-electron chi connectivity index (χ0n) is 17.5. The molecule has 29 heavy (non-hydrogen) atoms. The van der Waals surface area contributed by atoms with E-state index in [-0.39, 0.29) is 6.61 Å². The van der Waals surface area contributed by atoms with Crippen molar-refractivity contribution in [2.75, 3.05) is 18.0 Å². The summed E-state index contributed by atoms with van der Waals surface area (Å²) in [5, 5.41) is 10.1. The van der Waals surface area contributed by atoms with Gasteiger partial charge in [0.05, 0.1) is 23.7 Å². The second-order valence-electron chi connectivity index (χ2n) is 9.05. The molecule has 152 valence electrons. The van der Waals surface area contributed by atoms with Gasteiger partial charge >= 0.3 is 0 Å². The largest absolute Gasteiger partial charge is 0.390 e. The van der Waals surface area contributed by atoms with Crippen LogP contribution >= 0.6 is 0 Å². The predicted octanol–water partition coefficient (Wildman–Crippen LogP) is 4.32. The third kappa shape index (κ3) is 3.07. The minimum atomic E-state index is -0.0865. The first-order valence-electron chi connectivity index (χ1n) is 11.0. The number of aryl methyl sites for hydroxylation is 1. The topological polar surface area (TPSA) is 62.1 Å². The van der Waals surface area contributed by atoms with Crippen LogP contribution in [0, 0.1) is 18.3 Å². The molecule has 5 heteroatoms. The first kappa shape index (κ1) is 18.7. The molecule has 2 fully saturated rings. The lowest BCUT2D eigenvalue weighted by atomic mass is 9.71. The van der Waals surface area contributed by atoms with Crippen LogP contribution < -0.4 is 4.90 Å². The molecule has 1 spiro atoms. The zero-order chi connectivity index (χ0) is 20.0. The lowest BCUT2D eigenvalue weighted by Gasteiger charge is -2.43. The van der Waals surface area contributed by atoms with E-state index in [1.54, 1.807) is 0 Å². The Morgan fingerprint density at radius 1 is 1.21 bits per heavy atom. The molecule has 3 aliphatic rings. The van der Waals surface area contributed by atoms with E-state index in [0.717, 1.165) is 59.5 Å². The van der Waals surface area contributed by atoms with Crippen LogP contribution in [0.2, 0.25) is 0 Å². The van der Waals surface area contributed by atoms with Gasteiger partial charge in [0.2, 0.25) is 0 Å². The predicted molar refractivity (Wildman–Crippen MR) is 116 cm³/mol. The summed E-state index contributed by atoms with van der Waals surface area (Å²) in [6, 6.07) is 2.01. The number of pyridine rings is 1. The first-order valence-corrected chi connectivity index (χ1v) is 11.0. The highest BCUT2D eigenvalue weighted by atomic mass is 16.3. The maximum atomic E-state index is 10.1. The average Bonchev–Trinajstić information content (AvgIpc) is 3.36. The Balaban J connectivity index is 1.46. The number of hydrogen-bond acceptors (Lipinski definition) is 5. The van der Waals surface area contributed by atoms with E-state index in [1.165, 1.54) is 32.1 Å². The molecule has 5 nitrogen and oxygen atoms in total. The molecule has 0 radical (unpaired) electrons. The van der Waals surface area contributed by atoms with Crippen LogP contribution in [0.25, 0.3) is 17.3 Å². The van der Waals surface area contributed by atoms with Gasteiger partial charge in [0.25, 0.3) is 0 Å². The zero-order valence-corrected chi connectivity index (χ0v) is 17.5. The molecule has 1 saturated heterocycles. The standard InChI is InChI=1S/C24H30N4O/c1-16-5-4-9-24(16)10-13-28(14-11-24)23-21(15-29)27-22(17(2)26-23)19-8-12-25-20-7-3-6-18(19)20/h3,6,8,12,16,29H,4-5,7,9-11,13-15H2,1-2H3/t16-/m1/s1. The normalized spacial score (nSPS) is 22.4. The van der Waals surface area contributed by atoms with Crippen molar-refractivity contribution in [1.82, 2.24) is 15.0 Å². The molecule has 1 aliphatic heterocycles. The molecule has 1 saturated carbocycles. The van der Waals surface area contributed by atoms with Crippen molar-refractivity contribution >= 4 is 11.9 Å². The van der Waals surface area contributed by atoms with Crippen LogP contribution in [0.15, 0.2) is 18.3 Å². The maximum Gasteiger partial charge on any atom is 0.153 e. The van der Waals surface area contributed by atoms with E-state index in [2.05, 4.69) is 29.0 Å². The number of rotatable bonds is 3. The summed E-state index contributed by atoms with van der Waals surface area (Å²) in [5.41, 5.74) is 6.28. The Hall–Kier alpha value is -2.27. The molecule has 1 N–H and O–H groups in total. The number of aliphatic hydroxyl groups is 1. The highest BCUT2D eigenvalue weighted by Gasteiger charge is 2.42. The number of piperidine rings is 1. The van der Waals surface area contributed by atoms with E-state index in [0.29, 0.717) is 11.1 Å². The summed E-state index contributed by atoms with van der Waals surface area (Å²) in [6.07, 6.45) is 13.6. The van der Waals surface area contributed by atoms with E-state index in [1.807, 2.05) is 19.2 Å². The average molecular weight is 391 g/mol. The number of aliphatic hydroxyl groups excluding tert-OH is 1. The van der Waals surface area contributed by atoms with Crippen LogP contribution in [-0.4, -0.2) is 33.1 Å². The molecule has 5 rings (SSSR count). The van der Waals surface area contributed by atoms with Crippen molar-refractivity contribution in [2.24, 2.45) is 11.3 Å². The molecule has 0 unspecified atom stereocenters. The molecule has 3 heterocycles. The van der Waals surface area contributed by atoms with Gasteiger partial charge < -0.3 is 10.0 Å². The quantitative estimate of drug-likeness (QED) is 0.846. The Kier molecular flexibility index (Phi) is 4.66. The molecular formula is C24H30N4O. The summed E-state index contributed by atoms with van der Waals surface area (Å²) in [4.78, 5) is 16.7. The number of hydrogen-bond donors (Lipinski definition) is 1. The van der Waals surface area contributed by atoms with Gasteiger partial charge in [0, 0.05) is 36.8 Å². The molecular weight excluding hydrogens is 360 g/mol. The fourth-order valence-electron chi connectivity index (χ4n) is 5.74. The van der Waals surface area contributed by atoms with Crippen molar-refractivity contribution < 1.29 is 5.11 Å². The molecule has 0 amide bonds. The van der Waals surface area contributed by atoms with Crippen LogP contribution in [0.1, 0.15) is 61.7 Å². The third-order valence-electron chi connectivity index (χ3n) is 7.61. The fourth-order valence-corrected chi connectivity index (χ4v) is 5.74. The maximum absolute atomic E-state index is 10.1. The van der Waals surface area contributed by atoms with E-state index in [9.17, 15) is 5.11 Å². The summed E-state index contributed by atoms with van der Waals surface area (Å²) in [5.74, 6) is 1.70. The Morgan fingerprint density at radius 2 is 2.03 bits per heavy atom. The van der Waals surface area contributed by atoms with Gasteiger partial charge in [0.15, 0.2) is 5.82 Å². The van der Waals surface area contributed by atoms with E-state index in [4.69, 9.17) is 9.97 Å². The number of aromatic nitrogens is 3. The Morgan fingerprint density at radius 3 is 2.76 bits per heavy atom. The van der Waals surface area contributed by atoms with Crippen molar-refractivity contribution in [3.05, 3.63) is 41.0 Å². The molecule has 0 bridgehead atoms. The highest BCUT2D eigenvalue weighted by Crippen LogP contribution is 2.50. The lowest BCUT2D eigenvalue weighted by molar-refractivity contribution is 0.161. The number of anilines is 1. The first-order chi connectivity index (χ1) is 14.1. The minimum Gasteiger partial charge on any atom is -0.390 e. The van der Waals surface area contributed by atoms with Gasteiger partial charge in [-0.15, -0.1) is 0 Å². The van der Waals surface area contributed by atoms with Gasteiger partial charge in [-0.3, -0.25) is 4.98 Å². The van der Waals surface area contributed by atoms with Crippen LogP contribution in [0.3, 0.4) is 0 Å². The second kappa shape index (κ2) is 7.21.